The average Bonchev–Trinajstić information content (AvgIpc) is 2.85. The van der Waals surface area contributed by atoms with E-state index >= 15 is 0 Å². The number of carbonyl (C=O) groups excluding carboxylic acids is 1. The Morgan fingerprint density at radius 1 is 1.08 bits per heavy atom. The number of ether oxygens (including phenoxy) is 3. The smallest absolute Gasteiger partial charge is 0.248 e. The molecule has 1 aromatic rings. The first-order valence-electron chi connectivity index (χ1n) is 11.3. The molecule has 198 valence electrons. The largest absolute Gasteiger partial charge is 0.497 e. The summed E-state index contributed by atoms with van der Waals surface area (Å²) in [6.07, 6.45) is 9.66. The molecule has 0 saturated carbocycles. The van der Waals surface area contributed by atoms with Crippen LogP contribution in [-0.2, 0) is 25.5 Å². The number of amides is 1. The van der Waals surface area contributed by atoms with Gasteiger partial charge in [-0.2, -0.15) is 0 Å². The number of methoxy groups -OCH3 is 3. The summed E-state index contributed by atoms with van der Waals surface area (Å²) < 4.78 is 14.5. The predicted molar refractivity (Wildman–Crippen MR) is 153 cm³/mol. The molecule has 1 aromatic carbocycles. The van der Waals surface area contributed by atoms with Crippen LogP contribution in [0.4, 0.5) is 0 Å². The maximum atomic E-state index is 12.2. The van der Waals surface area contributed by atoms with Crippen LogP contribution in [0.3, 0.4) is 0 Å². The molecule has 0 saturated heterocycles. The van der Waals surface area contributed by atoms with E-state index in [1.807, 2.05) is 61.7 Å². The van der Waals surface area contributed by atoms with E-state index in [2.05, 4.69) is 21.9 Å². The summed E-state index contributed by atoms with van der Waals surface area (Å²) >= 11 is 1.40. The molecule has 0 spiro atoms. The molecule has 8 heteroatoms. The van der Waals surface area contributed by atoms with Crippen LogP contribution < -0.4 is 16.4 Å². The number of carbonyl (C=O) groups is 1. The lowest BCUT2D eigenvalue weighted by atomic mass is 10.0. The molecule has 0 bridgehead atoms. The second kappa shape index (κ2) is 21.1. The van der Waals surface area contributed by atoms with Gasteiger partial charge in [0.1, 0.15) is 5.76 Å². The van der Waals surface area contributed by atoms with Crippen molar-refractivity contribution in [2.24, 2.45) is 5.73 Å². The van der Waals surface area contributed by atoms with E-state index in [1.165, 1.54) is 18.0 Å². The van der Waals surface area contributed by atoms with E-state index in [9.17, 15) is 4.79 Å². The topological polar surface area (TPSA) is 94.8 Å². The van der Waals surface area contributed by atoms with Crippen molar-refractivity contribution in [3.8, 4) is 0 Å². The van der Waals surface area contributed by atoms with Gasteiger partial charge in [-0.05, 0) is 47.4 Å². The Bertz CT molecular complexity index is 933. The molecule has 0 aliphatic heterocycles. The van der Waals surface area contributed by atoms with Crippen LogP contribution in [0.5, 0.6) is 0 Å². The fourth-order valence-electron chi connectivity index (χ4n) is 2.64. The number of allylic oxidation sites excluding steroid dienone is 4. The molecular formula is C28H41N3O4S. The maximum absolute atomic E-state index is 12.2. The highest BCUT2D eigenvalue weighted by atomic mass is 32.2. The Balaban J connectivity index is 0.00000387. The van der Waals surface area contributed by atoms with Gasteiger partial charge in [-0.1, -0.05) is 43.0 Å². The minimum Gasteiger partial charge on any atom is -0.497 e. The fraction of sp³-hybridized carbons (Fsp3) is 0.321. The Labute approximate surface area is 220 Å². The highest BCUT2D eigenvalue weighted by Gasteiger charge is 2.03. The number of benzene rings is 1. The molecule has 0 fully saturated rings. The van der Waals surface area contributed by atoms with Gasteiger partial charge in [0.25, 0.3) is 0 Å². The zero-order valence-electron chi connectivity index (χ0n) is 22.3. The number of nitrogens with one attached hydrogen (secondary N) is 2. The van der Waals surface area contributed by atoms with Gasteiger partial charge in [0.05, 0.1) is 13.7 Å². The second-order valence-corrected chi connectivity index (χ2v) is 8.29. The lowest BCUT2D eigenvalue weighted by molar-refractivity contribution is -0.115. The second-order valence-electron chi connectivity index (χ2n) is 7.51. The van der Waals surface area contributed by atoms with E-state index in [0.717, 1.165) is 34.5 Å². The van der Waals surface area contributed by atoms with Crippen molar-refractivity contribution in [1.82, 2.24) is 10.6 Å². The van der Waals surface area contributed by atoms with Gasteiger partial charge in [0.2, 0.25) is 5.91 Å². The third-order valence-corrected chi connectivity index (χ3v) is 5.17. The monoisotopic (exact) mass is 515 g/mol. The van der Waals surface area contributed by atoms with Crippen LogP contribution in [-0.4, -0.2) is 41.0 Å². The van der Waals surface area contributed by atoms with Crippen LogP contribution in [0.1, 0.15) is 31.4 Å². The molecule has 0 aliphatic rings. The lowest BCUT2D eigenvalue weighted by Gasteiger charge is -2.11. The summed E-state index contributed by atoms with van der Waals surface area (Å²) in [6, 6.07) is 8.11. The van der Waals surface area contributed by atoms with Crippen LogP contribution in [0.25, 0.3) is 5.57 Å². The molecule has 4 N–H and O–H groups in total. The van der Waals surface area contributed by atoms with E-state index in [4.69, 9.17) is 15.2 Å². The van der Waals surface area contributed by atoms with Crippen molar-refractivity contribution in [2.45, 2.75) is 26.8 Å². The quantitative estimate of drug-likeness (QED) is 0.135. The Morgan fingerprint density at radius 2 is 1.75 bits per heavy atom. The van der Waals surface area contributed by atoms with E-state index < -0.39 is 0 Å². The highest BCUT2D eigenvalue weighted by molar-refractivity contribution is 8.04. The minimum absolute atomic E-state index is 0.168. The van der Waals surface area contributed by atoms with Crippen molar-refractivity contribution in [3.05, 3.63) is 100 Å². The highest BCUT2D eigenvalue weighted by Crippen LogP contribution is 2.15. The molecule has 0 aromatic heterocycles. The van der Waals surface area contributed by atoms with E-state index in [-0.39, 0.29) is 5.91 Å². The van der Waals surface area contributed by atoms with Gasteiger partial charge < -0.3 is 30.6 Å². The number of hydrogen-bond acceptors (Lipinski definition) is 7. The summed E-state index contributed by atoms with van der Waals surface area (Å²) in [5, 5.41) is 9.82. The van der Waals surface area contributed by atoms with Gasteiger partial charge in [0, 0.05) is 58.0 Å². The fourth-order valence-corrected chi connectivity index (χ4v) is 3.07. The standard InChI is InChI=1S/C26H35N3O3S.C2H6O/c1-20(16-26(30)29-21(2)19-33-15-13-27)24-11-9-23(10-12-24)18-28-25(17-22(3)32-5)8-6-7-14-31-4;1-3-2/h6-7,9-13,15-17,19,28H,3,8,14,18,27H2,1-2,4-5H3,(H,29,30);1-2H3/b7-6-,15-13+,20-16+,21-19+,25-17+;. The van der Waals surface area contributed by atoms with Crippen molar-refractivity contribution < 1.29 is 19.0 Å². The van der Waals surface area contributed by atoms with Crippen molar-refractivity contribution in [2.75, 3.05) is 35.0 Å². The number of thioether (sulfide) groups is 1. The first-order valence-corrected chi connectivity index (χ1v) is 12.2. The molecule has 0 radical (unpaired) electrons. The van der Waals surface area contributed by atoms with Gasteiger partial charge in [0.15, 0.2) is 0 Å². The normalized spacial score (nSPS) is 12.3. The SMILES string of the molecule is C=C(/C=C(\C/C=C\COC)NCc1ccc(/C(C)=C/C(=O)N/C(C)=C/S/C=C/N)cc1)OC.COC. The third kappa shape index (κ3) is 16.4. The number of rotatable bonds is 14. The Hall–Kier alpha value is -3.20. The van der Waals surface area contributed by atoms with Crippen LogP contribution in [0.2, 0.25) is 0 Å². The van der Waals surface area contributed by atoms with Crippen LogP contribution in [0.15, 0.2) is 89.3 Å². The first-order chi connectivity index (χ1) is 17.3. The molecule has 0 atom stereocenters. The van der Waals surface area contributed by atoms with Crippen molar-refractivity contribution in [1.29, 1.82) is 0 Å². The van der Waals surface area contributed by atoms with E-state index in [1.54, 1.807) is 39.9 Å². The zero-order valence-corrected chi connectivity index (χ0v) is 23.1. The molecule has 0 aliphatic carbocycles. The number of hydrogen-bond donors (Lipinski definition) is 3. The Kier molecular flexibility index (Phi) is 19.2. The summed E-state index contributed by atoms with van der Waals surface area (Å²) in [5.74, 6) is 0.422. The van der Waals surface area contributed by atoms with Crippen LogP contribution >= 0.6 is 11.8 Å². The maximum Gasteiger partial charge on any atom is 0.248 e. The Morgan fingerprint density at radius 3 is 2.33 bits per heavy atom. The molecule has 1 amide bonds. The van der Waals surface area contributed by atoms with Gasteiger partial charge in [-0.25, -0.2) is 0 Å². The molecular weight excluding hydrogens is 474 g/mol. The lowest BCUT2D eigenvalue weighted by Crippen LogP contribution is -2.18. The predicted octanol–water partition coefficient (Wildman–Crippen LogP) is 5.22. The molecule has 1 rings (SSSR count). The number of nitrogens with two attached hydrogens (primary N) is 1. The van der Waals surface area contributed by atoms with Crippen molar-refractivity contribution in [3.63, 3.8) is 0 Å². The third-order valence-electron chi connectivity index (χ3n) is 4.36. The molecule has 7 nitrogen and oxygen atoms in total. The van der Waals surface area contributed by atoms with Gasteiger partial charge in [-0.15, -0.1) is 11.8 Å². The van der Waals surface area contributed by atoms with Gasteiger partial charge >= 0.3 is 0 Å². The summed E-state index contributed by atoms with van der Waals surface area (Å²) in [6.45, 7) is 8.84. The first kappa shape index (κ1) is 32.8. The molecule has 0 heterocycles. The van der Waals surface area contributed by atoms with E-state index in [0.29, 0.717) is 18.9 Å². The summed E-state index contributed by atoms with van der Waals surface area (Å²) in [4.78, 5) is 12.2. The zero-order chi connectivity index (χ0) is 27.2. The average molecular weight is 516 g/mol. The minimum atomic E-state index is -0.168. The van der Waals surface area contributed by atoms with Gasteiger partial charge in [-0.3, -0.25) is 4.79 Å². The molecule has 36 heavy (non-hydrogen) atoms. The summed E-state index contributed by atoms with van der Waals surface area (Å²) in [5.41, 5.74) is 10.0. The van der Waals surface area contributed by atoms with Crippen LogP contribution in [0, 0.1) is 0 Å². The summed E-state index contributed by atoms with van der Waals surface area (Å²) in [7, 11) is 6.51. The van der Waals surface area contributed by atoms with Crippen molar-refractivity contribution >= 4 is 23.2 Å². The molecule has 0 unspecified atom stereocenters.